The average Bonchev–Trinajstić information content (AvgIpc) is 2.15. The van der Waals surface area contributed by atoms with E-state index in [0.717, 1.165) is 13.2 Å². The highest BCUT2D eigenvalue weighted by molar-refractivity contribution is 9.11. The molecule has 0 aliphatic carbocycles. The topological polar surface area (TPSA) is 39.2 Å². The summed E-state index contributed by atoms with van der Waals surface area (Å²) in [6.45, 7) is 0. The Bertz CT molecular complexity index is 398. The summed E-state index contributed by atoms with van der Waals surface area (Å²) in [6, 6.07) is 1.08. The predicted molar refractivity (Wildman–Crippen MR) is 55.9 cm³/mol. The second kappa shape index (κ2) is 4.98. The maximum Gasteiger partial charge on any atom is 0.341 e. The van der Waals surface area contributed by atoms with Crippen LogP contribution in [-0.4, -0.2) is 18.1 Å². The minimum absolute atomic E-state index is 0.0269. The minimum Gasteiger partial charge on any atom is -0.465 e. The van der Waals surface area contributed by atoms with Gasteiger partial charge < -0.3 is 4.74 Å². The number of carbonyl (C=O) groups is 1. The lowest BCUT2D eigenvalue weighted by molar-refractivity contribution is 0.0587. The van der Waals surface area contributed by atoms with Crippen molar-refractivity contribution in [2.24, 2.45) is 0 Å². The standard InChI is InChI=1S/C8H5Br2F2NO2/c1-15-8(14)5-3(7(11)12)2-4(9)13-6(5)10/h2,7H,1H3. The highest BCUT2D eigenvalue weighted by Gasteiger charge is 2.23. The molecule has 0 fully saturated rings. The first kappa shape index (κ1) is 12.5. The number of methoxy groups -OCH3 is 1. The molecule has 0 atom stereocenters. The Kier molecular flexibility index (Phi) is 4.15. The van der Waals surface area contributed by atoms with E-state index < -0.39 is 18.0 Å². The molecule has 0 spiro atoms. The van der Waals surface area contributed by atoms with Crippen LogP contribution in [0.1, 0.15) is 22.3 Å². The first-order valence-electron chi connectivity index (χ1n) is 3.69. The lowest BCUT2D eigenvalue weighted by atomic mass is 10.1. The van der Waals surface area contributed by atoms with E-state index in [1.165, 1.54) is 0 Å². The van der Waals surface area contributed by atoms with Gasteiger partial charge in [-0.05, 0) is 37.9 Å². The molecule has 0 aliphatic heterocycles. The first-order chi connectivity index (χ1) is 6.97. The maximum absolute atomic E-state index is 12.6. The van der Waals surface area contributed by atoms with Crippen molar-refractivity contribution in [2.45, 2.75) is 6.43 Å². The summed E-state index contributed by atoms with van der Waals surface area (Å²) in [5, 5.41) is 0. The summed E-state index contributed by atoms with van der Waals surface area (Å²) >= 11 is 5.89. The van der Waals surface area contributed by atoms with Crippen molar-refractivity contribution < 1.29 is 18.3 Å². The molecule has 1 aromatic heterocycles. The van der Waals surface area contributed by atoms with Gasteiger partial charge in [-0.3, -0.25) is 0 Å². The Morgan fingerprint density at radius 3 is 2.60 bits per heavy atom. The molecular weight excluding hydrogens is 340 g/mol. The molecular formula is C8H5Br2F2NO2. The number of carbonyl (C=O) groups excluding carboxylic acids is 1. The molecule has 0 saturated heterocycles. The van der Waals surface area contributed by atoms with Gasteiger partial charge in [-0.2, -0.15) is 0 Å². The van der Waals surface area contributed by atoms with Crippen LogP contribution in [0.2, 0.25) is 0 Å². The summed E-state index contributed by atoms with van der Waals surface area (Å²) in [6.07, 6.45) is -2.77. The van der Waals surface area contributed by atoms with Crippen LogP contribution < -0.4 is 0 Å². The molecule has 0 saturated carbocycles. The zero-order valence-electron chi connectivity index (χ0n) is 7.43. The molecule has 0 aliphatic rings. The van der Waals surface area contributed by atoms with E-state index in [1.807, 2.05) is 0 Å². The zero-order chi connectivity index (χ0) is 11.6. The molecule has 0 amide bonds. The molecule has 15 heavy (non-hydrogen) atoms. The third-order valence-corrected chi connectivity index (χ3v) is 2.58. The predicted octanol–water partition coefficient (Wildman–Crippen LogP) is 3.33. The number of aromatic nitrogens is 1. The van der Waals surface area contributed by atoms with E-state index in [1.54, 1.807) is 0 Å². The molecule has 1 aromatic rings. The van der Waals surface area contributed by atoms with Crippen LogP contribution >= 0.6 is 31.9 Å². The zero-order valence-corrected chi connectivity index (χ0v) is 10.6. The molecule has 1 heterocycles. The molecule has 0 N–H and O–H groups in total. The van der Waals surface area contributed by atoms with E-state index in [-0.39, 0.29) is 14.8 Å². The molecule has 82 valence electrons. The quantitative estimate of drug-likeness (QED) is 0.610. The van der Waals surface area contributed by atoms with Crippen molar-refractivity contribution in [3.63, 3.8) is 0 Å². The molecule has 1 rings (SSSR count). The van der Waals surface area contributed by atoms with Crippen molar-refractivity contribution in [1.29, 1.82) is 0 Å². The summed E-state index contributed by atoms with van der Waals surface area (Å²) in [5.74, 6) is -0.850. The van der Waals surface area contributed by atoms with Gasteiger partial charge in [0, 0.05) is 5.56 Å². The van der Waals surface area contributed by atoms with Gasteiger partial charge in [-0.1, -0.05) is 0 Å². The second-order valence-electron chi connectivity index (χ2n) is 2.49. The summed E-state index contributed by atoms with van der Waals surface area (Å²) < 4.78 is 29.9. The monoisotopic (exact) mass is 343 g/mol. The number of alkyl halides is 2. The lowest BCUT2D eigenvalue weighted by Crippen LogP contribution is -2.08. The Morgan fingerprint density at radius 1 is 1.53 bits per heavy atom. The third kappa shape index (κ3) is 2.72. The van der Waals surface area contributed by atoms with E-state index >= 15 is 0 Å². The Balaban J connectivity index is 3.40. The van der Waals surface area contributed by atoms with Crippen LogP contribution in [0.25, 0.3) is 0 Å². The molecule has 0 radical (unpaired) electrons. The Labute approximate surface area is 101 Å². The molecule has 0 unspecified atom stereocenters. The smallest absolute Gasteiger partial charge is 0.341 e. The van der Waals surface area contributed by atoms with Crippen molar-refractivity contribution in [1.82, 2.24) is 4.98 Å². The normalized spacial score (nSPS) is 10.5. The summed E-state index contributed by atoms with van der Waals surface area (Å²) in [4.78, 5) is 15.0. The Morgan fingerprint density at radius 2 is 2.13 bits per heavy atom. The average molecular weight is 345 g/mol. The Hall–Kier alpha value is -0.560. The van der Waals surface area contributed by atoms with Gasteiger partial charge in [-0.25, -0.2) is 18.6 Å². The van der Waals surface area contributed by atoms with E-state index in [4.69, 9.17) is 0 Å². The van der Waals surface area contributed by atoms with Crippen LogP contribution in [0.4, 0.5) is 8.78 Å². The highest BCUT2D eigenvalue weighted by Crippen LogP contribution is 2.30. The van der Waals surface area contributed by atoms with E-state index in [0.29, 0.717) is 0 Å². The van der Waals surface area contributed by atoms with Crippen LogP contribution in [0.15, 0.2) is 15.3 Å². The fourth-order valence-electron chi connectivity index (χ4n) is 0.978. The van der Waals surface area contributed by atoms with E-state index in [9.17, 15) is 13.6 Å². The number of nitrogens with zero attached hydrogens (tertiary/aromatic N) is 1. The van der Waals surface area contributed by atoms with Gasteiger partial charge in [0.2, 0.25) is 0 Å². The lowest BCUT2D eigenvalue weighted by Gasteiger charge is -2.08. The number of pyridine rings is 1. The van der Waals surface area contributed by atoms with Gasteiger partial charge in [0.1, 0.15) is 14.8 Å². The van der Waals surface area contributed by atoms with Crippen molar-refractivity contribution >= 4 is 37.8 Å². The molecule has 3 nitrogen and oxygen atoms in total. The number of esters is 1. The van der Waals surface area contributed by atoms with E-state index in [2.05, 4.69) is 41.6 Å². The summed E-state index contributed by atoms with van der Waals surface area (Å²) in [7, 11) is 1.12. The fraction of sp³-hybridized carbons (Fsp3) is 0.250. The van der Waals surface area contributed by atoms with Crippen LogP contribution in [0.3, 0.4) is 0 Å². The first-order valence-corrected chi connectivity index (χ1v) is 5.28. The maximum atomic E-state index is 12.6. The number of rotatable bonds is 2. The van der Waals surface area contributed by atoms with Gasteiger partial charge in [0.05, 0.1) is 7.11 Å². The SMILES string of the molecule is COC(=O)c1c(C(F)F)cc(Br)nc1Br. The molecule has 0 aromatic carbocycles. The molecule has 0 bridgehead atoms. The molecule has 7 heteroatoms. The van der Waals surface area contributed by atoms with Crippen LogP contribution in [0.5, 0.6) is 0 Å². The van der Waals surface area contributed by atoms with Crippen molar-refractivity contribution in [2.75, 3.05) is 7.11 Å². The number of hydrogen-bond donors (Lipinski definition) is 0. The number of hydrogen-bond acceptors (Lipinski definition) is 3. The van der Waals surface area contributed by atoms with Crippen LogP contribution in [-0.2, 0) is 4.74 Å². The van der Waals surface area contributed by atoms with Gasteiger partial charge in [0.25, 0.3) is 6.43 Å². The number of ether oxygens (including phenoxy) is 1. The van der Waals surface area contributed by atoms with Gasteiger partial charge >= 0.3 is 5.97 Å². The summed E-state index contributed by atoms with van der Waals surface area (Å²) in [5.41, 5.74) is -0.675. The minimum atomic E-state index is -2.77. The van der Waals surface area contributed by atoms with Crippen molar-refractivity contribution in [3.8, 4) is 0 Å². The van der Waals surface area contributed by atoms with Gasteiger partial charge in [-0.15, -0.1) is 0 Å². The number of halogens is 4. The second-order valence-corrected chi connectivity index (χ2v) is 4.06. The third-order valence-electron chi connectivity index (χ3n) is 1.60. The fourth-order valence-corrected chi connectivity index (χ4v) is 2.22. The van der Waals surface area contributed by atoms with Crippen LogP contribution in [0, 0.1) is 0 Å². The van der Waals surface area contributed by atoms with Crippen molar-refractivity contribution in [3.05, 3.63) is 26.4 Å². The largest absolute Gasteiger partial charge is 0.465 e. The highest BCUT2D eigenvalue weighted by atomic mass is 79.9. The van der Waals surface area contributed by atoms with Gasteiger partial charge in [0.15, 0.2) is 0 Å².